The minimum atomic E-state index is -0.204. The second kappa shape index (κ2) is 7.16. The van der Waals surface area contributed by atoms with E-state index in [0.29, 0.717) is 12.5 Å². The Labute approximate surface area is 155 Å². The van der Waals surface area contributed by atoms with Gasteiger partial charge in [0.25, 0.3) is 0 Å². The van der Waals surface area contributed by atoms with Crippen molar-refractivity contribution in [3.8, 4) is 0 Å². The van der Waals surface area contributed by atoms with Crippen molar-refractivity contribution < 1.29 is 4.79 Å². The summed E-state index contributed by atoms with van der Waals surface area (Å²) in [6.45, 7) is 6.26. The van der Waals surface area contributed by atoms with Gasteiger partial charge in [-0.05, 0) is 56.5 Å². The largest absolute Gasteiger partial charge is 0.336 e. The number of carbonyl (C=O) groups excluding carboxylic acids is 1. The van der Waals surface area contributed by atoms with Gasteiger partial charge in [0.15, 0.2) is 0 Å². The first-order chi connectivity index (χ1) is 12.6. The van der Waals surface area contributed by atoms with E-state index in [1.54, 1.807) is 6.20 Å². The third kappa shape index (κ3) is 3.49. The van der Waals surface area contributed by atoms with Gasteiger partial charge < -0.3 is 4.90 Å². The number of nitrogens with zero attached hydrogens (tertiary/aromatic N) is 4. The number of aryl methyl sites for hydroxylation is 1. The van der Waals surface area contributed by atoms with E-state index >= 15 is 0 Å². The summed E-state index contributed by atoms with van der Waals surface area (Å²) >= 11 is 0. The van der Waals surface area contributed by atoms with E-state index in [2.05, 4.69) is 20.9 Å². The van der Waals surface area contributed by atoms with Gasteiger partial charge in [0.1, 0.15) is 0 Å². The molecule has 2 saturated heterocycles. The number of pyridine rings is 2. The molecule has 4 rings (SSSR count). The van der Waals surface area contributed by atoms with E-state index in [9.17, 15) is 4.79 Å². The molecule has 1 amide bonds. The SMILES string of the molecule is Cc1cccc(CN2CC[C@@]3(CCCN(Cc4cccnc4)C3)C2=O)n1. The summed E-state index contributed by atoms with van der Waals surface area (Å²) in [6.07, 6.45) is 6.78. The highest BCUT2D eigenvalue weighted by molar-refractivity contribution is 5.85. The molecule has 2 aromatic heterocycles. The molecule has 0 saturated carbocycles. The van der Waals surface area contributed by atoms with Gasteiger partial charge in [-0.1, -0.05) is 12.1 Å². The van der Waals surface area contributed by atoms with Crippen LogP contribution in [0.4, 0.5) is 0 Å². The predicted molar refractivity (Wildman–Crippen MR) is 100 cm³/mol. The van der Waals surface area contributed by atoms with Crippen LogP contribution in [0.1, 0.15) is 36.2 Å². The molecule has 136 valence electrons. The van der Waals surface area contributed by atoms with Gasteiger partial charge in [0.05, 0.1) is 17.7 Å². The topological polar surface area (TPSA) is 49.3 Å². The summed E-state index contributed by atoms with van der Waals surface area (Å²) < 4.78 is 0. The molecule has 0 unspecified atom stereocenters. The number of hydrogen-bond acceptors (Lipinski definition) is 4. The molecule has 2 aliphatic heterocycles. The lowest BCUT2D eigenvalue weighted by molar-refractivity contribution is -0.139. The third-order valence-electron chi connectivity index (χ3n) is 5.68. The Bertz CT molecular complexity index is 779. The fourth-order valence-electron chi connectivity index (χ4n) is 4.42. The van der Waals surface area contributed by atoms with Crippen molar-refractivity contribution in [2.24, 2.45) is 5.41 Å². The number of amides is 1. The molecule has 0 aliphatic carbocycles. The second-order valence-electron chi connectivity index (χ2n) is 7.70. The van der Waals surface area contributed by atoms with Crippen LogP contribution in [-0.2, 0) is 17.9 Å². The highest BCUT2D eigenvalue weighted by Gasteiger charge is 2.48. The zero-order valence-corrected chi connectivity index (χ0v) is 15.4. The predicted octanol–water partition coefficient (Wildman–Crippen LogP) is 2.80. The summed E-state index contributed by atoms with van der Waals surface area (Å²) in [4.78, 5) is 26.4. The summed E-state index contributed by atoms with van der Waals surface area (Å²) in [5.74, 6) is 0.316. The molecule has 0 radical (unpaired) electrons. The van der Waals surface area contributed by atoms with Crippen LogP contribution in [0.2, 0.25) is 0 Å². The molecule has 1 spiro atoms. The summed E-state index contributed by atoms with van der Waals surface area (Å²) in [5.41, 5.74) is 3.00. The number of aromatic nitrogens is 2. The average molecular weight is 350 g/mol. The number of rotatable bonds is 4. The van der Waals surface area contributed by atoms with Crippen LogP contribution in [0, 0.1) is 12.3 Å². The number of carbonyl (C=O) groups is 1. The molecule has 26 heavy (non-hydrogen) atoms. The molecular formula is C21H26N4O. The van der Waals surface area contributed by atoms with E-state index in [1.807, 2.05) is 42.3 Å². The zero-order valence-electron chi connectivity index (χ0n) is 15.4. The molecule has 2 aromatic rings. The van der Waals surface area contributed by atoms with Gasteiger partial charge in [0.2, 0.25) is 5.91 Å². The van der Waals surface area contributed by atoms with E-state index in [1.165, 1.54) is 5.56 Å². The Balaban J connectivity index is 1.44. The molecule has 5 heteroatoms. The molecule has 5 nitrogen and oxygen atoms in total. The maximum Gasteiger partial charge on any atom is 0.230 e. The maximum absolute atomic E-state index is 13.2. The molecule has 1 atom stereocenters. The third-order valence-corrected chi connectivity index (χ3v) is 5.68. The van der Waals surface area contributed by atoms with Crippen molar-refractivity contribution in [1.29, 1.82) is 0 Å². The lowest BCUT2D eigenvalue weighted by Gasteiger charge is -2.39. The van der Waals surface area contributed by atoms with Gasteiger partial charge >= 0.3 is 0 Å². The van der Waals surface area contributed by atoms with E-state index in [4.69, 9.17) is 0 Å². The highest BCUT2D eigenvalue weighted by Crippen LogP contribution is 2.40. The Kier molecular flexibility index (Phi) is 4.72. The molecule has 4 heterocycles. The monoisotopic (exact) mass is 350 g/mol. The molecule has 0 N–H and O–H groups in total. The number of likely N-dealkylation sites (tertiary alicyclic amines) is 2. The minimum Gasteiger partial charge on any atom is -0.336 e. The zero-order chi connectivity index (χ0) is 18.0. The Hall–Kier alpha value is -2.27. The normalized spacial score (nSPS) is 23.7. The Morgan fingerprint density at radius 1 is 1.12 bits per heavy atom. The molecular weight excluding hydrogens is 324 g/mol. The van der Waals surface area contributed by atoms with Crippen molar-refractivity contribution in [1.82, 2.24) is 19.8 Å². The van der Waals surface area contributed by atoms with Crippen molar-refractivity contribution in [3.63, 3.8) is 0 Å². The number of piperidine rings is 1. The van der Waals surface area contributed by atoms with Gasteiger partial charge in [-0.2, -0.15) is 0 Å². The van der Waals surface area contributed by atoms with Crippen molar-refractivity contribution in [2.75, 3.05) is 19.6 Å². The molecule has 2 aliphatic rings. The minimum absolute atomic E-state index is 0.204. The van der Waals surface area contributed by atoms with Crippen LogP contribution in [0.25, 0.3) is 0 Å². The van der Waals surface area contributed by atoms with E-state index < -0.39 is 0 Å². The highest BCUT2D eigenvalue weighted by atomic mass is 16.2. The number of hydrogen-bond donors (Lipinski definition) is 0. The van der Waals surface area contributed by atoms with Gasteiger partial charge in [-0.15, -0.1) is 0 Å². The smallest absolute Gasteiger partial charge is 0.230 e. The Morgan fingerprint density at radius 2 is 2.04 bits per heavy atom. The van der Waals surface area contributed by atoms with Crippen LogP contribution in [-0.4, -0.2) is 45.3 Å². The lowest BCUT2D eigenvalue weighted by Crippen LogP contribution is -2.47. The fraction of sp³-hybridized carbons (Fsp3) is 0.476. The van der Waals surface area contributed by atoms with Crippen molar-refractivity contribution >= 4 is 5.91 Å². The second-order valence-corrected chi connectivity index (χ2v) is 7.70. The van der Waals surface area contributed by atoms with Crippen molar-refractivity contribution in [3.05, 3.63) is 59.7 Å². The van der Waals surface area contributed by atoms with Gasteiger partial charge in [-0.25, -0.2) is 0 Å². The fourth-order valence-corrected chi connectivity index (χ4v) is 4.42. The van der Waals surface area contributed by atoms with Crippen LogP contribution in [0.15, 0.2) is 42.7 Å². The van der Waals surface area contributed by atoms with Crippen LogP contribution in [0.5, 0.6) is 0 Å². The summed E-state index contributed by atoms with van der Waals surface area (Å²) in [6, 6.07) is 10.1. The van der Waals surface area contributed by atoms with Crippen LogP contribution in [0.3, 0.4) is 0 Å². The van der Waals surface area contributed by atoms with Crippen LogP contribution >= 0.6 is 0 Å². The molecule has 2 fully saturated rings. The van der Waals surface area contributed by atoms with E-state index in [-0.39, 0.29) is 5.41 Å². The first-order valence-corrected chi connectivity index (χ1v) is 9.48. The quantitative estimate of drug-likeness (QED) is 0.851. The standard InChI is InChI=1S/C21H26N4O/c1-17-5-2-7-19(23-17)15-25-12-9-21(20(25)26)8-4-11-24(16-21)14-18-6-3-10-22-13-18/h2-3,5-7,10,13H,4,8-9,11-12,14-16H2,1H3/t21-/m1/s1. The molecule has 0 aromatic carbocycles. The molecule has 0 bridgehead atoms. The van der Waals surface area contributed by atoms with Crippen molar-refractivity contribution in [2.45, 2.75) is 39.3 Å². The Morgan fingerprint density at radius 3 is 2.85 bits per heavy atom. The lowest BCUT2D eigenvalue weighted by atomic mass is 9.78. The first kappa shape index (κ1) is 17.2. The average Bonchev–Trinajstić information content (AvgIpc) is 2.92. The first-order valence-electron chi connectivity index (χ1n) is 9.48. The summed E-state index contributed by atoms with van der Waals surface area (Å²) in [5, 5.41) is 0. The van der Waals surface area contributed by atoms with Crippen LogP contribution < -0.4 is 0 Å². The van der Waals surface area contributed by atoms with Gasteiger partial charge in [0, 0.05) is 37.7 Å². The summed E-state index contributed by atoms with van der Waals surface area (Å²) in [7, 11) is 0. The van der Waals surface area contributed by atoms with E-state index in [0.717, 1.165) is 56.8 Å². The van der Waals surface area contributed by atoms with Gasteiger partial charge in [-0.3, -0.25) is 19.7 Å². The maximum atomic E-state index is 13.2.